The van der Waals surface area contributed by atoms with Crippen molar-refractivity contribution in [3.05, 3.63) is 34.9 Å². The predicted molar refractivity (Wildman–Crippen MR) is 73.4 cm³/mol. The Morgan fingerprint density at radius 3 is 2.65 bits per heavy atom. The lowest BCUT2D eigenvalue weighted by atomic mass is 10.0. The molecule has 1 unspecified atom stereocenters. The normalized spacial score (nSPS) is 19.2. The van der Waals surface area contributed by atoms with E-state index in [0.717, 1.165) is 18.0 Å². The first-order valence-corrected chi connectivity index (χ1v) is 6.86. The highest BCUT2D eigenvalue weighted by atomic mass is 35.5. The average Bonchev–Trinajstić information content (AvgIpc) is 2.37. The van der Waals surface area contributed by atoms with Crippen LogP contribution in [-0.4, -0.2) is 30.6 Å². The van der Waals surface area contributed by atoms with Gasteiger partial charge in [0.2, 0.25) is 0 Å². The highest BCUT2D eigenvalue weighted by Gasteiger charge is 2.19. The molecule has 0 bridgehead atoms. The van der Waals surface area contributed by atoms with Crippen molar-refractivity contribution in [2.45, 2.75) is 31.7 Å². The van der Waals surface area contributed by atoms with Crippen molar-refractivity contribution < 1.29 is 0 Å². The van der Waals surface area contributed by atoms with Gasteiger partial charge in [-0.25, -0.2) is 0 Å². The fraction of sp³-hybridized carbons (Fsp3) is 0.571. The highest BCUT2D eigenvalue weighted by Crippen LogP contribution is 2.17. The van der Waals surface area contributed by atoms with Gasteiger partial charge in [0.15, 0.2) is 0 Å². The first kappa shape index (κ1) is 12.9. The Kier molecular flexibility index (Phi) is 4.84. The largest absolute Gasteiger partial charge is 0.329 e. The minimum atomic E-state index is 0.466. The molecule has 2 nitrogen and oxygen atoms in total. The Hall–Kier alpha value is -0.570. The van der Waals surface area contributed by atoms with Gasteiger partial charge in [-0.15, -0.1) is 0 Å². The summed E-state index contributed by atoms with van der Waals surface area (Å²) in [5.41, 5.74) is 7.21. The molecule has 0 saturated carbocycles. The van der Waals surface area contributed by atoms with E-state index in [0.29, 0.717) is 6.04 Å². The molecular weight excluding hydrogens is 232 g/mol. The summed E-state index contributed by atoms with van der Waals surface area (Å²) in [6, 6.07) is 8.59. The lowest BCUT2D eigenvalue weighted by molar-refractivity contribution is 0.166. The van der Waals surface area contributed by atoms with Crippen LogP contribution in [0.2, 0.25) is 5.02 Å². The third-order valence-electron chi connectivity index (χ3n) is 3.54. The minimum absolute atomic E-state index is 0.466. The van der Waals surface area contributed by atoms with Crippen molar-refractivity contribution in [2.75, 3.05) is 19.6 Å². The van der Waals surface area contributed by atoms with E-state index in [-0.39, 0.29) is 0 Å². The number of benzene rings is 1. The van der Waals surface area contributed by atoms with Crippen molar-refractivity contribution in [3.8, 4) is 0 Å². The summed E-state index contributed by atoms with van der Waals surface area (Å²) in [4.78, 5) is 2.53. The molecule has 3 heteroatoms. The van der Waals surface area contributed by atoms with Crippen molar-refractivity contribution in [3.63, 3.8) is 0 Å². The summed E-state index contributed by atoms with van der Waals surface area (Å²) >= 11 is 6.01. The van der Waals surface area contributed by atoms with Crippen LogP contribution < -0.4 is 5.73 Å². The van der Waals surface area contributed by atoms with Gasteiger partial charge in [0, 0.05) is 17.6 Å². The maximum absolute atomic E-state index is 6.01. The second kappa shape index (κ2) is 6.39. The van der Waals surface area contributed by atoms with Gasteiger partial charge in [0.25, 0.3) is 0 Å². The molecule has 0 radical (unpaired) electrons. The Labute approximate surface area is 109 Å². The summed E-state index contributed by atoms with van der Waals surface area (Å²) in [6.07, 6.45) is 5.00. The van der Waals surface area contributed by atoms with Crippen molar-refractivity contribution in [2.24, 2.45) is 5.73 Å². The fourth-order valence-corrected chi connectivity index (χ4v) is 2.79. The molecule has 1 aromatic rings. The lowest BCUT2D eigenvalue weighted by Crippen LogP contribution is -2.44. The first-order valence-electron chi connectivity index (χ1n) is 6.48. The van der Waals surface area contributed by atoms with Crippen LogP contribution in [0.25, 0.3) is 0 Å². The standard InChI is InChI=1S/C14H21ClN2/c15-13-6-4-5-12(9-13)10-14(11-16)17-7-2-1-3-8-17/h4-6,9,14H,1-3,7-8,10-11,16H2. The molecular formula is C14H21ClN2. The van der Waals surface area contributed by atoms with Gasteiger partial charge in [-0.2, -0.15) is 0 Å². The molecule has 94 valence electrons. The van der Waals surface area contributed by atoms with Gasteiger partial charge < -0.3 is 5.73 Å². The lowest BCUT2D eigenvalue weighted by Gasteiger charge is -2.34. The maximum Gasteiger partial charge on any atom is 0.0408 e. The quantitative estimate of drug-likeness (QED) is 0.893. The number of hydrogen-bond donors (Lipinski definition) is 1. The van der Waals surface area contributed by atoms with Gasteiger partial charge in [0.05, 0.1) is 0 Å². The zero-order valence-corrected chi connectivity index (χ0v) is 11.0. The topological polar surface area (TPSA) is 29.3 Å². The molecule has 17 heavy (non-hydrogen) atoms. The van der Waals surface area contributed by atoms with Gasteiger partial charge in [-0.3, -0.25) is 4.90 Å². The van der Waals surface area contributed by atoms with E-state index in [4.69, 9.17) is 17.3 Å². The third-order valence-corrected chi connectivity index (χ3v) is 3.77. The SMILES string of the molecule is NCC(Cc1cccc(Cl)c1)N1CCCCC1. The molecule has 1 aliphatic rings. The molecule has 2 rings (SSSR count). The second-order valence-corrected chi connectivity index (χ2v) is 5.26. The van der Waals surface area contributed by atoms with Crippen molar-refractivity contribution in [1.82, 2.24) is 4.90 Å². The van der Waals surface area contributed by atoms with E-state index in [9.17, 15) is 0 Å². The van der Waals surface area contributed by atoms with Crippen LogP contribution in [0.3, 0.4) is 0 Å². The average molecular weight is 253 g/mol. The molecule has 0 amide bonds. The van der Waals surface area contributed by atoms with Crippen LogP contribution in [0.1, 0.15) is 24.8 Å². The van der Waals surface area contributed by atoms with Gasteiger partial charge in [-0.1, -0.05) is 30.2 Å². The maximum atomic E-state index is 6.01. The second-order valence-electron chi connectivity index (χ2n) is 4.82. The first-order chi connectivity index (χ1) is 8.29. The van der Waals surface area contributed by atoms with Crippen LogP contribution >= 0.6 is 11.6 Å². The van der Waals surface area contributed by atoms with E-state index in [1.54, 1.807) is 0 Å². The number of nitrogens with two attached hydrogens (primary N) is 1. The fourth-order valence-electron chi connectivity index (χ4n) is 2.58. The van der Waals surface area contributed by atoms with E-state index >= 15 is 0 Å². The predicted octanol–water partition coefficient (Wildman–Crippen LogP) is 2.70. The number of hydrogen-bond acceptors (Lipinski definition) is 2. The molecule has 2 N–H and O–H groups in total. The molecule has 1 saturated heterocycles. The summed E-state index contributed by atoms with van der Waals surface area (Å²) in [7, 11) is 0. The third kappa shape index (κ3) is 3.70. The molecule has 0 aliphatic carbocycles. The van der Waals surface area contributed by atoms with E-state index in [1.165, 1.54) is 37.9 Å². The Morgan fingerprint density at radius 1 is 1.24 bits per heavy atom. The van der Waals surface area contributed by atoms with Gasteiger partial charge >= 0.3 is 0 Å². The minimum Gasteiger partial charge on any atom is -0.329 e. The van der Waals surface area contributed by atoms with E-state index in [2.05, 4.69) is 11.0 Å². The number of rotatable bonds is 4. The number of piperidine rings is 1. The summed E-state index contributed by atoms with van der Waals surface area (Å²) in [5.74, 6) is 0. The van der Waals surface area contributed by atoms with Crippen molar-refractivity contribution in [1.29, 1.82) is 0 Å². The zero-order valence-electron chi connectivity index (χ0n) is 10.2. The Morgan fingerprint density at radius 2 is 2.00 bits per heavy atom. The number of nitrogens with zero attached hydrogens (tertiary/aromatic N) is 1. The molecule has 0 spiro atoms. The van der Waals surface area contributed by atoms with Gasteiger partial charge in [-0.05, 0) is 50.0 Å². The molecule has 1 fully saturated rings. The van der Waals surface area contributed by atoms with Gasteiger partial charge in [0.1, 0.15) is 0 Å². The highest BCUT2D eigenvalue weighted by molar-refractivity contribution is 6.30. The van der Waals surface area contributed by atoms with Crippen molar-refractivity contribution >= 4 is 11.6 Å². The number of likely N-dealkylation sites (tertiary alicyclic amines) is 1. The van der Waals surface area contributed by atoms with Crippen LogP contribution in [0.15, 0.2) is 24.3 Å². The summed E-state index contributed by atoms with van der Waals surface area (Å²) in [6.45, 7) is 3.12. The van der Waals surface area contributed by atoms with E-state index in [1.807, 2.05) is 18.2 Å². The summed E-state index contributed by atoms with van der Waals surface area (Å²) in [5, 5.41) is 0.817. The molecule has 1 aliphatic heterocycles. The monoisotopic (exact) mass is 252 g/mol. The molecule has 0 aromatic heterocycles. The smallest absolute Gasteiger partial charge is 0.0408 e. The van der Waals surface area contributed by atoms with Crippen LogP contribution in [-0.2, 0) is 6.42 Å². The van der Waals surface area contributed by atoms with Crippen LogP contribution in [0, 0.1) is 0 Å². The zero-order chi connectivity index (χ0) is 12.1. The van der Waals surface area contributed by atoms with Crippen LogP contribution in [0.5, 0.6) is 0 Å². The van der Waals surface area contributed by atoms with E-state index < -0.39 is 0 Å². The molecule has 1 aromatic carbocycles. The Bertz CT molecular complexity index is 348. The number of halogens is 1. The Balaban J connectivity index is 1.98. The molecule has 1 heterocycles. The molecule has 1 atom stereocenters. The summed E-state index contributed by atoms with van der Waals surface area (Å²) < 4.78 is 0. The van der Waals surface area contributed by atoms with Crippen LogP contribution in [0.4, 0.5) is 0 Å².